The number of benzene rings is 1. The van der Waals surface area contributed by atoms with E-state index in [2.05, 4.69) is 25.9 Å². The molecule has 0 aliphatic carbocycles. The molecule has 0 saturated carbocycles. The topological polar surface area (TPSA) is 87.6 Å². The van der Waals surface area contributed by atoms with Crippen LogP contribution in [0.1, 0.15) is 40.3 Å². The van der Waals surface area contributed by atoms with Gasteiger partial charge in [0.25, 0.3) is 5.91 Å². The lowest BCUT2D eigenvalue weighted by molar-refractivity contribution is 0.0933. The van der Waals surface area contributed by atoms with Gasteiger partial charge in [0.05, 0.1) is 11.7 Å². The Labute approximate surface area is 157 Å². The van der Waals surface area contributed by atoms with Gasteiger partial charge in [0.15, 0.2) is 5.69 Å². The maximum Gasteiger partial charge on any atom is 0.272 e. The van der Waals surface area contributed by atoms with Gasteiger partial charge < -0.3 is 10.6 Å². The van der Waals surface area contributed by atoms with Crippen LogP contribution in [-0.4, -0.2) is 32.4 Å². The number of rotatable bonds is 4. The summed E-state index contributed by atoms with van der Waals surface area (Å²) >= 11 is 0. The SMILES string of the molecule is CC(NC(=O)c1n[nH]c2c1CNCC2)c1cccc(-n2cccn2)c1.Cl. The number of aromatic nitrogens is 4. The number of hydrogen-bond donors (Lipinski definition) is 3. The minimum Gasteiger partial charge on any atom is -0.344 e. The van der Waals surface area contributed by atoms with Gasteiger partial charge >= 0.3 is 0 Å². The van der Waals surface area contributed by atoms with Crippen molar-refractivity contribution < 1.29 is 4.79 Å². The van der Waals surface area contributed by atoms with Crippen molar-refractivity contribution in [2.75, 3.05) is 6.54 Å². The molecule has 1 atom stereocenters. The summed E-state index contributed by atoms with van der Waals surface area (Å²) in [6.07, 6.45) is 4.51. The Morgan fingerprint density at radius 1 is 1.35 bits per heavy atom. The van der Waals surface area contributed by atoms with Crippen molar-refractivity contribution >= 4 is 18.3 Å². The highest BCUT2D eigenvalue weighted by Gasteiger charge is 2.22. The number of aromatic amines is 1. The van der Waals surface area contributed by atoms with Crippen molar-refractivity contribution in [2.45, 2.75) is 25.9 Å². The van der Waals surface area contributed by atoms with Crippen LogP contribution in [0.15, 0.2) is 42.7 Å². The maximum atomic E-state index is 12.6. The van der Waals surface area contributed by atoms with Crippen LogP contribution in [0.2, 0.25) is 0 Å². The summed E-state index contributed by atoms with van der Waals surface area (Å²) in [5.74, 6) is -0.154. The van der Waals surface area contributed by atoms with Crippen molar-refractivity contribution in [2.24, 2.45) is 0 Å². The number of halogens is 1. The van der Waals surface area contributed by atoms with Gasteiger partial charge in [-0.1, -0.05) is 12.1 Å². The van der Waals surface area contributed by atoms with Crippen LogP contribution in [0.25, 0.3) is 5.69 Å². The van der Waals surface area contributed by atoms with E-state index in [4.69, 9.17) is 0 Å². The normalized spacial score (nSPS) is 14.2. The highest BCUT2D eigenvalue weighted by molar-refractivity contribution is 5.94. The second-order valence-corrected chi connectivity index (χ2v) is 6.20. The Morgan fingerprint density at radius 2 is 2.23 bits per heavy atom. The Hall–Kier alpha value is -2.64. The molecule has 0 saturated heterocycles. The Kier molecular flexibility index (Phi) is 5.39. The first-order chi connectivity index (χ1) is 12.2. The maximum absolute atomic E-state index is 12.6. The molecule has 0 radical (unpaired) electrons. The van der Waals surface area contributed by atoms with Crippen molar-refractivity contribution in [3.8, 4) is 5.69 Å². The highest BCUT2D eigenvalue weighted by Crippen LogP contribution is 2.19. The summed E-state index contributed by atoms with van der Waals surface area (Å²) in [6, 6.07) is 9.73. The zero-order valence-electron chi connectivity index (χ0n) is 14.4. The van der Waals surface area contributed by atoms with E-state index in [0.29, 0.717) is 12.2 Å². The van der Waals surface area contributed by atoms with Gasteiger partial charge in [-0.2, -0.15) is 10.2 Å². The number of nitrogens with one attached hydrogen (secondary N) is 3. The molecule has 1 unspecified atom stereocenters. The van der Waals surface area contributed by atoms with Gasteiger partial charge in [-0.05, 0) is 30.7 Å². The van der Waals surface area contributed by atoms with Crippen LogP contribution in [0, 0.1) is 0 Å². The van der Waals surface area contributed by atoms with Crippen LogP contribution in [-0.2, 0) is 13.0 Å². The lowest BCUT2D eigenvalue weighted by atomic mass is 10.1. The fourth-order valence-corrected chi connectivity index (χ4v) is 3.12. The third kappa shape index (κ3) is 3.49. The van der Waals surface area contributed by atoms with Crippen molar-refractivity contribution in [3.63, 3.8) is 0 Å². The number of hydrogen-bond acceptors (Lipinski definition) is 4. The number of H-pyrrole nitrogens is 1. The molecule has 0 fully saturated rings. The van der Waals surface area contributed by atoms with Gasteiger partial charge in [0.2, 0.25) is 0 Å². The molecule has 1 aliphatic rings. The van der Waals surface area contributed by atoms with Crippen LogP contribution in [0.5, 0.6) is 0 Å². The first-order valence-corrected chi connectivity index (χ1v) is 8.40. The van der Waals surface area contributed by atoms with Crippen LogP contribution < -0.4 is 10.6 Å². The summed E-state index contributed by atoms with van der Waals surface area (Å²) in [5.41, 5.74) is 4.49. The quantitative estimate of drug-likeness (QED) is 0.654. The van der Waals surface area contributed by atoms with Crippen LogP contribution in [0.4, 0.5) is 0 Å². The molecule has 0 bridgehead atoms. The van der Waals surface area contributed by atoms with E-state index in [1.165, 1.54) is 0 Å². The summed E-state index contributed by atoms with van der Waals surface area (Å²) in [7, 11) is 0. The zero-order valence-corrected chi connectivity index (χ0v) is 15.2. The fourth-order valence-electron chi connectivity index (χ4n) is 3.12. The second-order valence-electron chi connectivity index (χ2n) is 6.20. The third-order valence-electron chi connectivity index (χ3n) is 4.51. The van der Waals surface area contributed by atoms with Gasteiger partial charge in [0, 0.05) is 43.2 Å². The van der Waals surface area contributed by atoms with Crippen LogP contribution >= 0.6 is 12.4 Å². The van der Waals surface area contributed by atoms with E-state index >= 15 is 0 Å². The first kappa shape index (κ1) is 18.2. The standard InChI is InChI=1S/C18H20N6O.ClH/c1-12(13-4-2-5-14(10-13)24-9-3-7-20-24)21-18(25)17-15-11-19-8-6-16(15)22-23-17;/h2-5,7,9-10,12,19H,6,8,11H2,1H3,(H,21,25)(H,22,23);1H. The average Bonchev–Trinajstić information content (AvgIpc) is 3.31. The molecule has 1 aliphatic heterocycles. The second kappa shape index (κ2) is 7.72. The molecule has 26 heavy (non-hydrogen) atoms. The molecular formula is C18H21ClN6O. The van der Waals surface area contributed by atoms with Crippen molar-refractivity contribution in [1.29, 1.82) is 0 Å². The molecular weight excluding hydrogens is 352 g/mol. The molecule has 4 rings (SSSR count). The minimum absolute atomic E-state index is 0. The van der Waals surface area contributed by atoms with Gasteiger partial charge in [-0.3, -0.25) is 9.89 Å². The Balaban J connectivity index is 0.00000196. The van der Waals surface area contributed by atoms with Gasteiger partial charge in [0.1, 0.15) is 0 Å². The van der Waals surface area contributed by atoms with E-state index in [1.54, 1.807) is 10.9 Å². The predicted octanol–water partition coefficient (Wildman–Crippen LogP) is 2.15. The summed E-state index contributed by atoms with van der Waals surface area (Å²) in [4.78, 5) is 12.6. The molecule has 2 aromatic heterocycles. The smallest absolute Gasteiger partial charge is 0.272 e. The first-order valence-electron chi connectivity index (χ1n) is 8.40. The third-order valence-corrected chi connectivity index (χ3v) is 4.51. The van der Waals surface area contributed by atoms with E-state index in [9.17, 15) is 4.79 Å². The molecule has 8 heteroatoms. The number of carbonyl (C=O) groups is 1. The van der Waals surface area contributed by atoms with Gasteiger partial charge in [-0.15, -0.1) is 12.4 Å². The van der Waals surface area contributed by atoms with E-state index in [1.807, 2.05) is 43.5 Å². The number of nitrogens with zero attached hydrogens (tertiary/aromatic N) is 3. The molecule has 7 nitrogen and oxygen atoms in total. The average molecular weight is 373 g/mol. The van der Waals surface area contributed by atoms with Crippen molar-refractivity contribution in [3.05, 3.63) is 65.2 Å². The Morgan fingerprint density at radius 3 is 3.04 bits per heavy atom. The van der Waals surface area contributed by atoms with Crippen molar-refractivity contribution in [1.82, 2.24) is 30.6 Å². The summed E-state index contributed by atoms with van der Waals surface area (Å²) in [6.45, 7) is 3.56. The monoisotopic (exact) mass is 372 g/mol. The molecule has 3 aromatic rings. The highest BCUT2D eigenvalue weighted by atomic mass is 35.5. The largest absolute Gasteiger partial charge is 0.344 e. The van der Waals surface area contributed by atoms with E-state index in [-0.39, 0.29) is 24.4 Å². The van der Waals surface area contributed by atoms with Gasteiger partial charge in [-0.25, -0.2) is 4.68 Å². The van der Waals surface area contributed by atoms with E-state index < -0.39 is 0 Å². The molecule has 3 N–H and O–H groups in total. The lowest BCUT2D eigenvalue weighted by Gasteiger charge is -2.16. The minimum atomic E-state index is -0.154. The summed E-state index contributed by atoms with van der Waals surface area (Å²) in [5, 5.41) is 17.8. The molecule has 136 valence electrons. The zero-order chi connectivity index (χ0) is 17.2. The molecule has 0 spiro atoms. The van der Waals surface area contributed by atoms with Crippen LogP contribution in [0.3, 0.4) is 0 Å². The number of carbonyl (C=O) groups excluding carboxylic acids is 1. The lowest BCUT2D eigenvalue weighted by Crippen LogP contribution is -2.30. The molecule has 1 amide bonds. The number of fused-ring (bicyclic) bond motifs is 1. The van der Waals surface area contributed by atoms with E-state index in [0.717, 1.165) is 35.5 Å². The summed E-state index contributed by atoms with van der Waals surface area (Å²) < 4.78 is 1.80. The Bertz CT molecular complexity index is 889. The predicted molar refractivity (Wildman–Crippen MR) is 101 cm³/mol. The fraction of sp³-hybridized carbons (Fsp3) is 0.278. The number of amides is 1. The molecule has 1 aromatic carbocycles. The molecule has 3 heterocycles.